The van der Waals surface area contributed by atoms with E-state index in [0.29, 0.717) is 0 Å². The zero-order chi connectivity index (χ0) is 13.8. The molecule has 2 aliphatic rings. The highest BCUT2D eigenvalue weighted by atomic mass is 15.1. The molecule has 0 saturated carbocycles. The molecule has 1 N–H and O–H groups in total. The lowest BCUT2D eigenvalue weighted by atomic mass is 9.98. The molecule has 2 heterocycles. The monoisotopic (exact) mass is 272 g/mol. The van der Waals surface area contributed by atoms with Gasteiger partial charge in [-0.05, 0) is 75.7 Å². The van der Waals surface area contributed by atoms with Gasteiger partial charge in [-0.2, -0.15) is 0 Å². The number of aryl methyl sites for hydroxylation is 2. The number of nitrogens with one attached hydrogen (secondary N) is 1. The summed E-state index contributed by atoms with van der Waals surface area (Å²) >= 11 is 0. The Labute approximate surface area is 123 Å². The summed E-state index contributed by atoms with van der Waals surface area (Å²) < 4.78 is 0. The average Bonchev–Trinajstić information content (AvgIpc) is 2.49. The van der Waals surface area contributed by atoms with Crippen molar-refractivity contribution in [2.45, 2.75) is 57.9 Å². The molecule has 0 aliphatic carbocycles. The van der Waals surface area contributed by atoms with E-state index in [1.165, 1.54) is 74.8 Å². The van der Waals surface area contributed by atoms with Crippen LogP contribution in [0.5, 0.6) is 0 Å². The molecule has 1 fully saturated rings. The standard InChI is InChI=1S/C18H28N2/c1-15-6-2-3-12-20(15)13-5-7-16-9-10-18-17(14-16)8-4-11-19-18/h9-10,14-15,19H,2-8,11-13H2,1H3. The number of anilines is 1. The fraction of sp³-hybridized carbons (Fsp3) is 0.667. The van der Waals surface area contributed by atoms with Crippen molar-refractivity contribution >= 4 is 5.69 Å². The number of hydrogen-bond acceptors (Lipinski definition) is 2. The molecule has 1 aromatic rings. The van der Waals surface area contributed by atoms with Gasteiger partial charge in [0.05, 0.1) is 0 Å². The van der Waals surface area contributed by atoms with E-state index in [1.807, 2.05) is 0 Å². The highest BCUT2D eigenvalue weighted by Crippen LogP contribution is 2.24. The summed E-state index contributed by atoms with van der Waals surface area (Å²) in [5.41, 5.74) is 4.42. The predicted molar refractivity (Wildman–Crippen MR) is 86.5 cm³/mol. The van der Waals surface area contributed by atoms with Gasteiger partial charge >= 0.3 is 0 Å². The van der Waals surface area contributed by atoms with Crippen molar-refractivity contribution in [2.24, 2.45) is 0 Å². The Morgan fingerprint density at radius 3 is 3.10 bits per heavy atom. The van der Waals surface area contributed by atoms with Crippen molar-refractivity contribution in [3.63, 3.8) is 0 Å². The van der Waals surface area contributed by atoms with Gasteiger partial charge in [0.25, 0.3) is 0 Å². The molecule has 2 heteroatoms. The lowest BCUT2D eigenvalue weighted by Crippen LogP contribution is -2.38. The van der Waals surface area contributed by atoms with E-state index in [1.54, 1.807) is 0 Å². The van der Waals surface area contributed by atoms with Crippen LogP contribution in [-0.4, -0.2) is 30.6 Å². The molecule has 110 valence electrons. The average molecular weight is 272 g/mol. The van der Waals surface area contributed by atoms with E-state index in [9.17, 15) is 0 Å². The maximum absolute atomic E-state index is 3.50. The summed E-state index contributed by atoms with van der Waals surface area (Å²) in [6.07, 6.45) is 9.28. The number of piperidine rings is 1. The molecular formula is C18H28N2. The Hall–Kier alpha value is -1.02. The molecule has 1 atom stereocenters. The fourth-order valence-corrected chi connectivity index (χ4v) is 3.66. The van der Waals surface area contributed by atoms with E-state index in [2.05, 4.69) is 35.3 Å². The van der Waals surface area contributed by atoms with Crippen LogP contribution in [0, 0.1) is 0 Å². The molecule has 1 unspecified atom stereocenters. The van der Waals surface area contributed by atoms with Crippen molar-refractivity contribution in [2.75, 3.05) is 25.0 Å². The molecule has 0 bridgehead atoms. The number of rotatable bonds is 4. The van der Waals surface area contributed by atoms with Gasteiger partial charge in [0.15, 0.2) is 0 Å². The maximum Gasteiger partial charge on any atom is 0.0372 e. The van der Waals surface area contributed by atoms with Crippen LogP contribution >= 0.6 is 0 Å². The lowest BCUT2D eigenvalue weighted by molar-refractivity contribution is 0.159. The van der Waals surface area contributed by atoms with Crippen LogP contribution < -0.4 is 5.32 Å². The molecule has 3 rings (SSSR count). The van der Waals surface area contributed by atoms with Gasteiger partial charge in [-0.3, -0.25) is 0 Å². The van der Waals surface area contributed by atoms with Gasteiger partial charge in [-0.1, -0.05) is 18.6 Å². The summed E-state index contributed by atoms with van der Waals surface area (Å²) in [5.74, 6) is 0. The van der Waals surface area contributed by atoms with E-state index in [-0.39, 0.29) is 0 Å². The molecule has 20 heavy (non-hydrogen) atoms. The van der Waals surface area contributed by atoms with Gasteiger partial charge in [0, 0.05) is 18.3 Å². The highest BCUT2D eigenvalue weighted by molar-refractivity contribution is 5.54. The summed E-state index contributed by atoms with van der Waals surface area (Å²) in [7, 11) is 0. The Balaban J connectivity index is 1.50. The Morgan fingerprint density at radius 1 is 1.25 bits per heavy atom. The topological polar surface area (TPSA) is 15.3 Å². The van der Waals surface area contributed by atoms with Gasteiger partial charge in [0.2, 0.25) is 0 Å². The first-order valence-corrected chi connectivity index (χ1v) is 8.42. The second-order valence-corrected chi connectivity index (χ2v) is 6.51. The van der Waals surface area contributed by atoms with Crippen molar-refractivity contribution in [1.82, 2.24) is 4.90 Å². The van der Waals surface area contributed by atoms with Crippen molar-refractivity contribution in [1.29, 1.82) is 0 Å². The molecule has 1 aromatic carbocycles. The van der Waals surface area contributed by atoms with Crippen LogP contribution in [0.4, 0.5) is 5.69 Å². The molecule has 0 aromatic heterocycles. The van der Waals surface area contributed by atoms with Gasteiger partial charge in [0.1, 0.15) is 0 Å². The van der Waals surface area contributed by atoms with Crippen molar-refractivity contribution < 1.29 is 0 Å². The summed E-state index contributed by atoms with van der Waals surface area (Å²) in [6.45, 7) is 6.12. The number of likely N-dealkylation sites (tertiary alicyclic amines) is 1. The summed E-state index contributed by atoms with van der Waals surface area (Å²) in [5, 5.41) is 3.50. The van der Waals surface area contributed by atoms with Crippen molar-refractivity contribution in [3.05, 3.63) is 29.3 Å². The van der Waals surface area contributed by atoms with Crippen LogP contribution in [0.15, 0.2) is 18.2 Å². The fourth-order valence-electron chi connectivity index (χ4n) is 3.66. The minimum atomic E-state index is 0.802. The third-order valence-corrected chi connectivity index (χ3v) is 4.96. The molecule has 2 aliphatic heterocycles. The van der Waals surface area contributed by atoms with E-state index >= 15 is 0 Å². The SMILES string of the molecule is CC1CCCCN1CCCc1ccc2c(c1)CCCN2. The third kappa shape index (κ3) is 3.35. The smallest absolute Gasteiger partial charge is 0.0372 e. The summed E-state index contributed by atoms with van der Waals surface area (Å²) in [6, 6.07) is 7.84. The van der Waals surface area contributed by atoms with Crippen LogP contribution in [-0.2, 0) is 12.8 Å². The second kappa shape index (κ2) is 6.62. The van der Waals surface area contributed by atoms with Gasteiger partial charge in [-0.25, -0.2) is 0 Å². The lowest BCUT2D eigenvalue weighted by Gasteiger charge is -2.33. The van der Waals surface area contributed by atoms with E-state index in [0.717, 1.165) is 12.6 Å². The highest BCUT2D eigenvalue weighted by Gasteiger charge is 2.17. The summed E-state index contributed by atoms with van der Waals surface area (Å²) in [4.78, 5) is 2.68. The van der Waals surface area contributed by atoms with Crippen LogP contribution in [0.25, 0.3) is 0 Å². The zero-order valence-electron chi connectivity index (χ0n) is 12.8. The predicted octanol–water partition coefficient (Wildman–Crippen LogP) is 3.85. The number of fused-ring (bicyclic) bond motifs is 1. The molecular weight excluding hydrogens is 244 g/mol. The largest absolute Gasteiger partial charge is 0.385 e. The van der Waals surface area contributed by atoms with Crippen molar-refractivity contribution in [3.8, 4) is 0 Å². The molecule has 2 nitrogen and oxygen atoms in total. The normalized spacial score (nSPS) is 23.1. The zero-order valence-corrected chi connectivity index (χ0v) is 12.8. The van der Waals surface area contributed by atoms with E-state index < -0.39 is 0 Å². The Morgan fingerprint density at radius 2 is 2.20 bits per heavy atom. The molecule has 0 amide bonds. The minimum absolute atomic E-state index is 0.802. The quantitative estimate of drug-likeness (QED) is 0.895. The minimum Gasteiger partial charge on any atom is -0.385 e. The van der Waals surface area contributed by atoms with Crippen LogP contribution in [0.1, 0.15) is 50.2 Å². The van der Waals surface area contributed by atoms with Gasteiger partial charge in [-0.15, -0.1) is 0 Å². The first-order valence-electron chi connectivity index (χ1n) is 8.42. The second-order valence-electron chi connectivity index (χ2n) is 6.51. The molecule has 0 spiro atoms. The third-order valence-electron chi connectivity index (χ3n) is 4.96. The Bertz CT molecular complexity index is 441. The van der Waals surface area contributed by atoms with Crippen LogP contribution in [0.3, 0.4) is 0 Å². The molecule has 1 saturated heterocycles. The number of benzene rings is 1. The first kappa shape index (κ1) is 13.9. The first-order chi connectivity index (χ1) is 9.83. The maximum atomic E-state index is 3.50. The van der Waals surface area contributed by atoms with Crippen LogP contribution in [0.2, 0.25) is 0 Å². The van der Waals surface area contributed by atoms with Gasteiger partial charge < -0.3 is 10.2 Å². The number of hydrogen-bond donors (Lipinski definition) is 1. The van der Waals surface area contributed by atoms with E-state index in [4.69, 9.17) is 0 Å². The number of nitrogens with zero attached hydrogens (tertiary/aromatic N) is 1. The molecule has 0 radical (unpaired) electrons. The Kier molecular flexibility index (Phi) is 4.62.